The van der Waals surface area contributed by atoms with Crippen molar-refractivity contribution in [2.24, 2.45) is 0 Å². The number of unbranched alkanes of at least 4 members (excludes halogenated alkanes) is 1. The highest BCUT2D eigenvalue weighted by Crippen LogP contribution is 2.00. The summed E-state index contributed by atoms with van der Waals surface area (Å²) >= 11 is 5.49. The van der Waals surface area contributed by atoms with Gasteiger partial charge in [0.15, 0.2) is 0 Å². The summed E-state index contributed by atoms with van der Waals surface area (Å²) in [5.41, 5.74) is 0. The SMILES string of the molecule is CC(O)CC(C)NC(=O)CCCCCl. The second-order valence-electron chi connectivity index (χ2n) is 3.70. The summed E-state index contributed by atoms with van der Waals surface area (Å²) in [5.74, 6) is 0.652. The maximum Gasteiger partial charge on any atom is 0.220 e. The predicted molar refractivity (Wildman–Crippen MR) is 58.5 cm³/mol. The lowest BCUT2D eigenvalue weighted by Gasteiger charge is -2.15. The van der Waals surface area contributed by atoms with Gasteiger partial charge >= 0.3 is 0 Å². The Labute approximate surface area is 90.8 Å². The molecule has 0 aromatic carbocycles. The minimum atomic E-state index is -0.367. The summed E-state index contributed by atoms with van der Waals surface area (Å²) in [4.78, 5) is 11.3. The van der Waals surface area contributed by atoms with Crippen LogP contribution in [0.5, 0.6) is 0 Å². The van der Waals surface area contributed by atoms with E-state index in [1.807, 2.05) is 6.92 Å². The van der Waals surface area contributed by atoms with Gasteiger partial charge in [0.05, 0.1) is 6.10 Å². The van der Waals surface area contributed by atoms with Crippen molar-refractivity contribution in [2.75, 3.05) is 5.88 Å². The average molecular weight is 222 g/mol. The molecule has 0 heterocycles. The topological polar surface area (TPSA) is 49.3 Å². The number of nitrogens with one attached hydrogen (secondary N) is 1. The highest BCUT2D eigenvalue weighted by atomic mass is 35.5. The molecule has 1 amide bonds. The van der Waals surface area contributed by atoms with Crippen LogP contribution in [0.25, 0.3) is 0 Å². The minimum absolute atomic E-state index is 0.0403. The number of halogens is 1. The maximum absolute atomic E-state index is 11.3. The van der Waals surface area contributed by atoms with Gasteiger partial charge in [-0.1, -0.05) is 0 Å². The van der Waals surface area contributed by atoms with E-state index < -0.39 is 0 Å². The Hall–Kier alpha value is -0.280. The molecule has 3 nitrogen and oxygen atoms in total. The van der Waals surface area contributed by atoms with Crippen molar-refractivity contribution < 1.29 is 9.90 Å². The first-order valence-corrected chi connectivity index (χ1v) is 5.63. The Kier molecular flexibility index (Phi) is 7.90. The monoisotopic (exact) mass is 221 g/mol. The molecule has 0 aliphatic heterocycles. The molecule has 0 radical (unpaired) electrons. The third kappa shape index (κ3) is 8.32. The summed E-state index contributed by atoms with van der Waals surface area (Å²) in [6, 6.07) is 0.0403. The van der Waals surface area contributed by atoms with E-state index in [1.165, 1.54) is 0 Å². The number of alkyl halides is 1. The van der Waals surface area contributed by atoms with Crippen LogP contribution in [0.4, 0.5) is 0 Å². The van der Waals surface area contributed by atoms with Crippen molar-refractivity contribution in [3.63, 3.8) is 0 Å². The zero-order valence-corrected chi connectivity index (χ0v) is 9.68. The fraction of sp³-hybridized carbons (Fsp3) is 0.900. The number of carbonyl (C=O) groups excluding carboxylic acids is 1. The number of aliphatic hydroxyl groups excluding tert-OH is 1. The van der Waals surface area contributed by atoms with Gasteiger partial charge in [-0.25, -0.2) is 0 Å². The summed E-state index contributed by atoms with van der Waals surface area (Å²) in [7, 11) is 0. The maximum atomic E-state index is 11.3. The standard InChI is InChI=1S/C10H20ClNO2/c1-8(7-9(2)13)12-10(14)5-3-4-6-11/h8-9,13H,3-7H2,1-2H3,(H,12,14). The molecule has 0 aliphatic rings. The van der Waals surface area contributed by atoms with E-state index in [4.69, 9.17) is 16.7 Å². The van der Waals surface area contributed by atoms with E-state index in [0.29, 0.717) is 18.7 Å². The number of hydrogen-bond acceptors (Lipinski definition) is 2. The summed E-state index contributed by atoms with van der Waals surface area (Å²) in [6.45, 7) is 3.61. The lowest BCUT2D eigenvalue weighted by Crippen LogP contribution is -2.34. The van der Waals surface area contributed by atoms with E-state index in [1.54, 1.807) is 6.92 Å². The molecule has 0 bridgehead atoms. The highest BCUT2D eigenvalue weighted by molar-refractivity contribution is 6.17. The van der Waals surface area contributed by atoms with Gasteiger partial charge in [0.25, 0.3) is 0 Å². The fourth-order valence-corrected chi connectivity index (χ4v) is 1.49. The van der Waals surface area contributed by atoms with Crippen LogP contribution in [0.3, 0.4) is 0 Å². The number of amides is 1. The minimum Gasteiger partial charge on any atom is -0.393 e. The van der Waals surface area contributed by atoms with Gasteiger partial charge in [-0.15, -0.1) is 11.6 Å². The molecule has 0 aromatic rings. The molecule has 2 unspecified atom stereocenters. The van der Waals surface area contributed by atoms with Crippen LogP contribution in [0, 0.1) is 0 Å². The zero-order valence-electron chi connectivity index (χ0n) is 8.92. The molecule has 84 valence electrons. The first kappa shape index (κ1) is 13.7. The Morgan fingerprint density at radius 1 is 1.43 bits per heavy atom. The number of rotatable bonds is 7. The molecule has 0 aliphatic carbocycles. The van der Waals surface area contributed by atoms with Gasteiger partial charge in [0.2, 0.25) is 5.91 Å². The van der Waals surface area contributed by atoms with E-state index >= 15 is 0 Å². The average Bonchev–Trinajstić information content (AvgIpc) is 2.02. The largest absolute Gasteiger partial charge is 0.393 e. The van der Waals surface area contributed by atoms with Crippen LogP contribution in [-0.4, -0.2) is 29.0 Å². The third-order valence-corrected chi connectivity index (χ3v) is 2.16. The molecular weight excluding hydrogens is 202 g/mol. The van der Waals surface area contributed by atoms with Gasteiger partial charge in [-0.3, -0.25) is 4.79 Å². The Balaban J connectivity index is 3.50. The summed E-state index contributed by atoms with van der Waals surface area (Å²) < 4.78 is 0. The van der Waals surface area contributed by atoms with E-state index in [-0.39, 0.29) is 18.1 Å². The number of carbonyl (C=O) groups is 1. The van der Waals surface area contributed by atoms with Gasteiger partial charge < -0.3 is 10.4 Å². The molecule has 0 rings (SSSR count). The smallest absolute Gasteiger partial charge is 0.220 e. The third-order valence-electron chi connectivity index (χ3n) is 1.89. The highest BCUT2D eigenvalue weighted by Gasteiger charge is 2.08. The molecule has 2 atom stereocenters. The number of aliphatic hydroxyl groups is 1. The van der Waals surface area contributed by atoms with Crippen LogP contribution in [-0.2, 0) is 4.79 Å². The molecule has 14 heavy (non-hydrogen) atoms. The van der Waals surface area contributed by atoms with Crippen molar-refractivity contribution in [1.82, 2.24) is 5.32 Å². The van der Waals surface area contributed by atoms with Crippen LogP contribution in [0.1, 0.15) is 39.5 Å². The lowest BCUT2D eigenvalue weighted by atomic mass is 10.1. The summed E-state index contributed by atoms with van der Waals surface area (Å²) in [6.07, 6.45) is 2.46. The quantitative estimate of drug-likeness (QED) is 0.508. The van der Waals surface area contributed by atoms with Gasteiger partial charge in [0.1, 0.15) is 0 Å². The summed E-state index contributed by atoms with van der Waals surface area (Å²) in [5, 5.41) is 11.9. The van der Waals surface area contributed by atoms with Gasteiger partial charge in [-0.2, -0.15) is 0 Å². The molecular formula is C10H20ClNO2. The fourth-order valence-electron chi connectivity index (χ4n) is 1.30. The normalized spacial score (nSPS) is 14.9. The molecule has 0 fully saturated rings. The van der Waals surface area contributed by atoms with E-state index in [0.717, 1.165) is 12.8 Å². The van der Waals surface area contributed by atoms with Crippen molar-refractivity contribution in [3.05, 3.63) is 0 Å². The van der Waals surface area contributed by atoms with Crippen LogP contribution in [0.2, 0.25) is 0 Å². The lowest BCUT2D eigenvalue weighted by molar-refractivity contribution is -0.121. The van der Waals surface area contributed by atoms with E-state index in [2.05, 4.69) is 5.32 Å². The molecule has 2 N–H and O–H groups in total. The van der Waals surface area contributed by atoms with Gasteiger partial charge in [-0.05, 0) is 33.1 Å². The molecule has 0 aromatic heterocycles. The second kappa shape index (κ2) is 8.06. The second-order valence-corrected chi connectivity index (χ2v) is 4.08. The molecule has 4 heteroatoms. The van der Waals surface area contributed by atoms with Crippen LogP contribution >= 0.6 is 11.6 Å². The van der Waals surface area contributed by atoms with E-state index in [9.17, 15) is 4.79 Å². The molecule has 0 spiro atoms. The van der Waals surface area contributed by atoms with Crippen molar-refractivity contribution in [2.45, 2.75) is 51.7 Å². The molecule has 0 saturated heterocycles. The van der Waals surface area contributed by atoms with Crippen molar-refractivity contribution >= 4 is 17.5 Å². The first-order chi connectivity index (χ1) is 6.56. The predicted octanol–water partition coefficient (Wildman–Crippen LogP) is 1.67. The Morgan fingerprint density at radius 2 is 2.07 bits per heavy atom. The van der Waals surface area contributed by atoms with Crippen molar-refractivity contribution in [3.8, 4) is 0 Å². The van der Waals surface area contributed by atoms with Gasteiger partial charge in [0, 0.05) is 18.3 Å². The molecule has 0 saturated carbocycles. The van der Waals surface area contributed by atoms with Crippen molar-refractivity contribution in [1.29, 1.82) is 0 Å². The van der Waals surface area contributed by atoms with Crippen LogP contribution < -0.4 is 5.32 Å². The van der Waals surface area contributed by atoms with Crippen LogP contribution in [0.15, 0.2) is 0 Å². The zero-order chi connectivity index (χ0) is 11.0. The number of hydrogen-bond donors (Lipinski definition) is 2. The first-order valence-electron chi connectivity index (χ1n) is 5.09. The Bertz CT molecular complexity index is 162. The Morgan fingerprint density at radius 3 is 2.57 bits per heavy atom.